The van der Waals surface area contributed by atoms with Crippen LogP contribution < -0.4 is 10.1 Å². The third-order valence-corrected chi connectivity index (χ3v) is 9.05. The highest BCUT2D eigenvalue weighted by atomic mass is 32.2. The van der Waals surface area contributed by atoms with E-state index in [1.807, 2.05) is 24.3 Å². The van der Waals surface area contributed by atoms with E-state index in [0.29, 0.717) is 12.3 Å². The van der Waals surface area contributed by atoms with Crippen LogP contribution in [0.2, 0.25) is 0 Å². The van der Waals surface area contributed by atoms with Crippen molar-refractivity contribution in [2.75, 3.05) is 24.4 Å². The number of methoxy groups -OCH3 is 1. The van der Waals surface area contributed by atoms with Gasteiger partial charge in [-0.2, -0.15) is 0 Å². The summed E-state index contributed by atoms with van der Waals surface area (Å²) in [5, 5.41) is 12.5. The van der Waals surface area contributed by atoms with Crippen LogP contribution in [0.25, 0.3) is 11.4 Å². The summed E-state index contributed by atoms with van der Waals surface area (Å²) in [6.07, 6.45) is 5.09. The molecule has 1 aliphatic carbocycles. The normalized spacial score (nSPS) is 24.9. The topological polar surface area (TPSA) is 103 Å². The number of sulfone groups is 1. The maximum absolute atomic E-state index is 12.5. The Hall–Kier alpha value is -2.07. The lowest BCUT2D eigenvalue weighted by atomic mass is 9.85. The van der Waals surface area contributed by atoms with Crippen molar-refractivity contribution in [3.63, 3.8) is 0 Å². The molecule has 0 unspecified atom stereocenters. The van der Waals surface area contributed by atoms with Gasteiger partial charge in [0.25, 0.3) is 0 Å². The predicted molar refractivity (Wildman–Crippen MR) is 125 cm³/mol. The van der Waals surface area contributed by atoms with Crippen molar-refractivity contribution in [2.45, 2.75) is 56.3 Å². The van der Waals surface area contributed by atoms with Gasteiger partial charge in [-0.05, 0) is 49.4 Å². The first-order valence-corrected chi connectivity index (χ1v) is 13.9. The Bertz CT molecular complexity index is 1050. The van der Waals surface area contributed by atoms with Gasteiger partial charge in [0.15, 0.2) is 20.8 Å². The van der Waals surface area contributed by atoms with E-state index < -0.39 is 9.84 Å². The van der Waals surface area contributed by atoms with Gasteiger partial charge in [-0.1, -0.05) is 31.5 Å². The van der Waals surface area contributed by atoms with Gasteiger partial charge >= 0.3 is 0 Å². The second-order valence-corrected chi connectivity index (χ2v) is 11.9. The molecule has 1 aromatic carbocycles. The van der Waals surface area contributed by atoms with Crippen LogP contribution >= 0.6 is 11.8 Å². The molecule has 1 saturated carbocycles. The number of ether oxygens (including phenoxy) is 1. The fourth-order valence-electron chi connectivity index (χ4n) is 4.60. The maximum atomic E-state index is 12.5. The van der Waals surface area contributed by atoms with Crippen molar-refractivity contribution >= 4 is 27.5 Å². The number of thioether (sulfide) groups is 1. The number of carbonyl (C=O) groups is 1. The Morgan fingerprint density at radius 3 is 2.59 bits per heavy atom. The maximum Gasteiger partial charge on any atom is 0.230 e. The zero-order chi connectivity index (χ0) is 22.7. The molecule has 32 heavy (non-hydrogen) atoms. The predicted octanol–water partition coefficient (Wildman–Crippen LogP) is 3.10. The Kier molecular flexibility index (Phi) is 7.09. The Balaban J connectivity index is 1.53. The van der Waals surface area contributed by atoms with Gasteiger partial charge in [-0.15, -0.1) is 10.2 Å². The summed E-state index contributed by atoms with van der Waals surface area (Å²) >= 11 is 1.36. The summed E-state index contributed by atoms with van der Waals surface area (Å²) in [6.45, 7) is 2.27. The first-order chi connectivity index (χ1) is 15.4. The number of benzene rings is 1. The minimum Gasteiger partial charge on any atom is -0.497 e. The van der Waals surface area contributed by atoms with Gasteiger partial charge in [0.05, 0.1) is 24.4 Å². The summed E-state index contributed by atoms with van der Waals surface area (Å²) in [7, 11) is -1.38. The monoisotopic (exact) mass is 478 g/mol. The lowest BCUT2D eigenvalue weighted by Gasteiger charge is -2.31. The van der Waals surface area contributed by atoms with Crippen LogP contribution in [-0.4, -0.2) is 59.5 Å². The summed E-state index contributed by atoms with van der Waals surface area (Å²) in [6, 6.07) is 7.77. The van der Waals surface area contributed by atoms with E-state index in [9.17, 15) is 13.2 Å². The van der Waals surface area contributed by atoms with Crippen molar-refractivity contribution in [2.24, 2.45) is 5.92 Å². The van der Waals surface area contributed by atoms with Crippen molar-refractivity contribution in [3.05, 3.63) is 24.3 Å². The minimum absolute atomic E-state index is 0.0286. The second-order valence-electron chi connectivity index (χ2n) is 8.69. The number of hydrogen-bond acceptors (Lipinski definition) is 7. The summed E-state index contributed by atoms with van der Waals surface area (Å²) in [4.78, 5) is 12.5. The molecule has 1 amide bonds. The summed E-state index contributed by atoms with van der Waals surface area (Å²) < 4.78 is 30.8. The molecule has 1 N–H and O–H groups in total. The van der Waals surface area contributed by atoms with Crippen molar-refractivity contribution in [1.82, 2.24) is 20.1 Å². The highest BCUT2D eigenvalue weighted by Gasteiger charge is 2.31. The number of hydrogen-bond donors (Lipinski definition) is 1. The molecule has 2 fully saturated rings. The first-order valence-electron chi connectivity index (χ1n) is 11.1. The molecule has 0 spiro atoms. The van der Waals surface area contributed by atoms with Gasteiger partial charge in [0.2, 0.25) is 5.91 Å². The molecule has 2 aliphatic rings. The molecule has 3 atom stereocenters. The average Bonchev–Trinajstić information content (AvgIpc) is 3.35. The Morgan fingerprint density at radius 1 is 1.19 bits per heavy atom. The van der Waals surface area contributed by atoms with E-state index >= 15 is 0 Å². The fourth-order valence-corrected chi connectivity index (χ4v) is 7.08. The van der Waals surface area contributed by atoms with E-state index in [1.54, 1.807) is 7.11 Å². The molecule has 174 valence electrons. The molecule has 2 heterocycles. The standard InChI is InChI=1S/C22H30N4O4S2/c1-15-5-3-4-6-19(15)26-21(16-7-9-18(30-2)10-8-16)24-25-22(26)31-13-20(27)23-17-11-12-32(28,29)14-17/h7-10,15,17,19H,3-6,11-14H2,1-2H3,(H,23,27)/t15-,17-,19+/m1/s1. The van der Waals surface area contributed by atoms with Crippen LogP contribution in [0.5, 0.6) is 5.75 Å². The molecule has 0 radical (unpaired) electrons. The van der Waals surface area contributed by atoms with E-state index in [1.165, 1.54) is 18.2 Å². The average molecular weight is 479 g/mol. The Morgan fingerprint density at radius 2 is 1.94 bits per heavy atom. The number of nitrogens with one attached hydrogen (secondary N) is 1. The van der Waals surface area contributed by atoms with Crippen LogP contribution in [0, 0.1) is 5.92 Å². The van der Waals surface area contributed by atoms with Crippen molar-refractivity contribution < 1.29 is 17.9 Å². The van der Waals surface area contributed by atoms with E-state index in [-0.39, 0.29) is 35.2 Å². The fraction of sp³-hybridized carbons (Fsp3) is 0.591. The summed E-state index contributed by atoms with van der Waals surface area (Å²) in [5.74, 6) is 2.26. The Labute approximate surface area is 193 Å². The number of nitrogens with zero attached hydrogens (tertiary/aromatic N) is 3. The van der Waals surface area contributed by atoms with Gasteiger partial charge in [-0.25, -0.2) is 8.42 Å². The smallest absolute Gasteiger partial charge is 0.230 e. The van der Waals surface area contributed by atoms with Gasteiger partial charge in [0, 0.05) is 17.6 Å². The summed E-state index contributed by atoms with van der Waals surface area (Å²) in [5.41, 5.74) is 0.962. The number of carbonyl (C=O) groups excluding carboxylic acids is 1. The zero-order valence-electron chi connectivity index (χ0n) is 18.5. The van der Waals surface area contributed by atoms with Crippen LogP contribution in [0.4, 0.5) is 0 Å². The van der Waals surface area contributed by atoms with Crippen molar-refractivity contribution in [1.29, 1.82) is 0 Å². The van der Waals surface area contributed by atoms with E-state index in [2.05, 4.69) is 27.0 Å². The molecule has 0 bridgehead atoms. The molecule has 1 aromatic heterocycles. The van der Waals surface area contributed by atoms with Gasteiger partial charge in [0.1, 0.15) is 5.75 Å². The molecule has 4 rings (SSSR count). The van der Waals surface area contributed by atoms with Gasteiger partial charge in [-0.3, -0.25) is 9.36 Å². The SMILES string of the molecule is COc1ccc(-c2nnc(SCC(=O)N[C@@H]3CCS(=O)(=O)C3)n2[C@H]2CCCC[C@H]2C)cc1. The molecule has 10 heteroatoms. The quantitative estimate of drug-likeness (QED) is 0.610. The molecule has 1 saturated heterocycles. The van der Waals surface area contributed by atoms with Gasteiger partial charge < -0.3 is 10.1 Å². The number of aromatic nitrogens is 3. The lowest BCUT2D eigenvalue weighted by Crippen LogP contribution is -2.36. The molecule has 8 nitrogen and oxygen atoms in total. The van der Waals surface area contributed by atoms with Crippen LogP contribution in [0.3, 0.4) is 0 Å². The highest BCUT2D eigenvalue weighted by molar-refractivity contribution is 7.99. The van der Waals surface area contributed by atoms with Crippen LogP contribution in [0.1, 0.15) is 45.1 Å². The third-order valence-electron chi connectivity index (χ3n) is 6.34. The molecular weight excluding hydrogens is 448 g/mol. The largest absolute Gasteiger partial charge is 0.497 e. The van der Waals surface area contributed by atoms with Crippen LogP contribution in [-0.2, 0) is 14.6 Å². The third kappa shape index (κ3) is 5.28. The van der Waals surface area contributed by atoms with E-state index in [4.69, 9.17) is 4.74 Å². The molecule has 1 aliphatic heterocycles. The van der Waals surface area contributed by atoms with E-state index in [0.717, 1.165) is 41.6 Å². The number of rotatable bonds is 7. The minimum atomic E-state index is -3.02. The molecular formula is C22H30N4O4S2. The number of amides is 1. The zero-order valence-corrected chi connectivity index (χ0v) is 20.1. The second kappa shape index (κ2) is 9.82. The molecule has 2 aromatic rings. The van der Waals surface area contributed by atoms with Crippen molar-refractivity contribution in [3.8, 4) is 17.1 Å². The van der Waals surface area contributed by atoms with Crippen LogP contribution in [0.15, 0.2) is 29.4 Å². The first kappa shape index (κ1) is 23.1. The lowest BCUT2D eigenvalue weighted by molar-refractivity contribution is -0.119. The highest BCUT2D eigenvalue weighted by Crippen LogP contribution is 2.39.